The maximum Gasteiger partial charge on any atom is 0.239 e. The first-order valence-electron chi connectivity index (χ1n) is 8.35. The monoisotopic (exact) mass is 331 g/mol. The molecule has 3 atom stereocenters. The van der Waals surface area contributed by atoms with E-state index in [4.69, 9.17) is 5.73 Å². The smallest absolute Gasteiger partial charge is 0.239 e. The number of nitrogens with two attached hydrogens (primary N) is 1. The number of nitrogens with one attached hydrogen (secondary N) is 1. The van der Waals surface area contributed by atoms with Gasteiger partial charge in [-0.15, -0.1) is 12.4 Å². The third-order valence-electron chi connectivity index (χ3n) is 4.91. The van der Waals surface area contributed by atoms with Crippen LogP contribution in [0.25, 0.3) is 0 Å². The van der Waals surface area contributed by atoms with Gasteiger partial charge in [0.05, 0.1) is 12.0 Å². The summed E-state index contributed by atoms with van der Waals surface area (Å²) in [5, 5.41) is 3.03. The molecule has 22 heavy (non-hydrogen) atoms. The average molecular weight is 332 g/mol. The second kappa shape index (κ2) is 8.73. The summed E-state index contributed by atoms with van der Waals surface area (Å²) < 4.78 is 0. The number of halogens is 1. The van der Waals surface area contributed by atoms with Crippen LogP contribution in [0.2, 0.25) is 0 Å². The molecular formula is C16H30ClN3O2. The molecule has 128 valence electrons. The number of carbonyl (C=O) groups is 2. The molecule has 3 unspecified atom stereocenters. The van der Waals surface area contributed by atoms with E-state index in [-0.39, 0.29) is 36.1 Å². The number of amides is 2. The number of carbonyl (C=O) groups excluding carboxylic acids is 2. The van der Waals surface area contributed by atoms with Crippen LogP contribution in [0, 0.1) is 17.8 Å². The fourth-order valence-corrected chi connectivity index (χ4v) is 2.81. The molecule has 2 aliphatic rings. The van der Waals surface area contributed by atoms with Crippen LogP contribution in [0.15, 0.2) is 0 Å². The molecule has 2 amide bonds. The van der Waals surface area contributed by atoms with Crippen LogP contribution in [0.3, 0.4) is 0 Å². The second-order valence-electron chi connectivity index (χ2n) is 6.72. The minimum Gasteiger partial charge on any atom is -0.356 e. The Bertz CT molecular complexity index is 388. The average Bonchev–Trinajstić information content (AvgIpc) is 3.34. The fraction of sp³-hybridized carbons (Fsp3) is 0.875. The molecule has 0 radical (unpaired) electrons. The first-order chi connectivity index (χ1) is 10.0. The van der Waals surface area contributed by atoms with E-state index in [2.05, 4.69) is 5.32 Å². The van der Waals surface area contributed by atoms with E-state index in [9.17, 15) is 9.59 Å². The first kappa shape index (κ1) is 19.2. The SMILES string of the molecule is CCC(C)C(N)C(=O)N1CCCC(C(=O)NCC2CC2)C1.Cl. The predicted octanol–water partition coefficient (Wildman–Crippen LogP) is 1.55. The summed E-state index contributed by atoms with van der Waals surface area (Å²) in [5.74, 6) is 0.918. The van der Waals surface area contributed by atoms with Gasteiger partial charge in [-0.1, -0.05) is 20.3 Å². The normalized spacial score (nSPS) is 24.1. The topological polar surface area (TPSA) is 75.4 Å². The van der Waals surface area contributed by atoms with Crippen LogP contribution in [-0.4, -0.2) is 42.4 Å². The number of rotatable bonds is 6. The molecule has 0 bridgehead atoms. The molecule has 1 aliphatic heterocycles. The van der Waals surface area contributed by atoms with Crippen LogP contribution >= 0.6 is 12.4 Å². The van der Waals surface area contributed by atoms with Crippen molar-refractivity contribution in [1.82, 2.24) is 10.2 Å². The fourth-order valence-electron chi connectivity index (χ4n) is 2.81. The van der Waals surface area contributed by atoms with Gasteiger partial charge in [-0.25, -0.2) is 0 Å². The summed E-state index contributed by atoms with van der Waals surface area (Å²) in [7, 11) is 0. The number of hydrogen-bond acceptors (Lipinski definition) is 3. The third kappa shape index (κ3) is 5.13. The van der Waals surface area contributed by atoms with Gasteiger partial charge in [0.2, 0.25) is 11.8 Å². The van der Waals surface area contributed by atoms with Crippen molar-refractivity contribution in [2.45, 2.75) is 52.0 Å². The van der Waals surface area contributed by atoms with Crippen molar-refractivity contribution in [3.63, 3.8) is 0 Å². The molecule has 1 heterocycles. The molecule has 0 aromatic rings. The summed E-state index contributed by atoms with van der Waals surface area (Å²) in [4.78, 5) is 26.4. The minimum absolute atomic E-state index is 0. The van der Waals surface area contributed by atoms with Crippen molar-refractivity contribution >= 4 is 24.2 Å². The zero-order valence-corrected chi connectivity index (χ0v) is 14.5. The summed E-state index contributed by atoms with van der Waals surface area (Å²) in [6.07, 6.45) is 5.13. The Morgan fingerprint density at radius 3 is 2.59 bits per heavy atom. The van der Waals surface area contributed by atoms with Gasteiger partial charge in [0.1, 0.15) is 0 Å². The third-order valence-corrected chi connectivity index (χ3v) is 4.91. The number of hydrogen-bond donors (Lipinski definition) is 2. The van der Waals surface area contributed by atoms with Gasteiger partial charge in [0.25, 0.3) is 0 Å². The van der Waals surface area contributed by atoms with Crippen molar-refractivity contribution < 1.29 is 9.59 Å². The van der Waals surface area contributed by atoms with E-state index in [0.717, 1.165) is 32.4 Å². The molecule has 5 nitrogen and oxygen atoms in total. The van der Waals surface area contributed by atoms with E-state index in [1.807, 2.05) is 13.8 Å². The molecule has 1 saturated heterocycles. The lowest BCUT2D eigenvalue weighted by atomic mass is 9.94. The molecule has 0 spiro atoms. The zero-order chi connectivity index (χ0) is 15.4. The lowest BCUT2D eigenvalue weighted by Crippen LogP contribution is -2.52. The molecule has 6 heteroatoms. The maximum atomic E-state index is 12.4. The van der Waals surface area contributed by atoms with Crippen LogP contribution < -0.4 is 11.1 Å². The van der Waals surface area contributed by atoms with Gasteiger partial charge in [-0.2, -0.15) is 0 Å². The van der Waals surface area contributed by atoms with Crippen molar-refractivity contribution in [3.8, 4) is 0 Å². The van der Waals surface area contributed by atoms with Gasteiger partial charge in [0.15, 0.2) is 0 Å². The molecule has 3 N–H and O–H groups in total. The highest BCUT2D eigenvalue weighted by molar-refractivity contribution is 5.85. The van der Waals surface area contributed by atoms with E-state index in [0.29, 0.717) is 12.5 Å². The highest BCUT2D eigenvalue weighted by Crippen LogP contribution is 2.28. The molecule has 2 fully saturated rings. The van der Waals surface area contributed by atoms with Crippen molar-refractivity contribution in [1.29, 1.82) is 0 Å². The van der Waals surface area contributed by atoms with E-state index >= 15 is 0 Å². The number of likely N-dealkylation sites (tertiary alicyclic amines) is 1. The Hall–Kier alpha value is -0.810. The largest absolute Gasteiger partial charge is 0.356 e. The number of nitrogens with zero attached hydrogens (tertiary/aromatic N) is 1. The molecule has 1 aliphatic carbocycles. The van der Waals surface area contributed by atoms with Gasteiger partial charge in [-0.05, 0) is 37.5 Å². The molecule has 2 rings (SSSR count). The van der Waals surface area contributed by atoms with Crippen molar-refractivity contribution in [2.75, 3.05) is 19.6 Å². The van der Waals surface area contributed by atoms with E-state index in [1.165, 1.54) is 12.8 Å². The Labute approximate surface area is 139 Å². The summed E-state index contributed by atoms with van der Waals surface area (Å²) >= 11 is 0. The van der Waals surface area contributed by atoms with Crippen LogP contribution in [0.5, 0.6) is 0 Å². The molecule has 0 aromatic carbocycles. The highest BCUT2D eigenvalue weighted by Gasteiger charge is 2.32. The quantitative estimate of drug-likeness (QED) is 0.775. The Morgan fingerprint density at radius 2 is 2.00 bits per heavy atom. The zero-order valence-electron chi connectivity index (χ0n) is 13.7. The summed E-state index contributed by atoms with van der Waals surface area (Å²) in [6.45, 7) is 6.11. The number of piperidine rings is 1. The second-order valence-corrected chi connectivity index (χ2v) is 6.72. The van der Waals surface area contributed by atoms with E-state index < -0.39 is 6.04 Å². The highest BCUT2D eigenvalue weighted by atomic mass is 35.5. The lowest BCUT2D eigenvalue weighted by molar-refractivity contribution is -0.137. The summed E-state index contributed by atoms with van der Waals surface area (Å²) in [5.41, 5.74) is 6.04. The Balaban J connectivity index is 0.00000242. The minimum atomic E-state index is -0.441. The standard InChI is InChI=1S/C16H29N3O2.ClH/c1-3-11(2)14(17)16(21)19-8-4-5-13(10-19)15(20)18-9-12-6-7-12;/h11-14H,3-10,17H2,1-2H3,(H,18,20);1H. The van der Waals surface area contributed by atoms with Crippen LogP contribution in [0.1, 0.15) is 46.0 Å². The Morgan fingerprint density at radius 1 is 1.32 bits per heavy atom. The summed E-state index contributed by atoms with van der Waals surface area (Å²) in [6, 6.07) is -0.441. The van der Waals surface area contributed by atoms with Gasteiger partial charge in [-0.3, -0.25) is 9.59 Å². The lowest BCUT2D eigenvalue weighted by Gasteiger charge is -2.34. The molecule has 0 aromatic heterocycles. The van der Waals surface area contributed by atoms with E-state index in [1.54, 1.807) is 4.90 Å². The predicted molar refractivity (Wildman–Crippen MR) is 89.7 cm³/mol. The van der Waals surface area contributed by atoms with Crippen LogP contribution in [-0.2, 0) is 9.59 Å². The first-order valence-corrected chi connectivity index (χ1v) is 8.35. The maximum absolute atomic E-state index is 12.4. The van der Waals surface area contributed by atoms with Crippen molar-refractivity contribution in [3.05, 3.63) is 0 Å². The van der Waals surface area contributed by atoms with Gasteiger partial charge in [0, 0.05) is 19.6 Å². The Kier molecular flexibility index (Phi) is 7.63. The van der Waals surface area contributed by atoms with Gasteiger partial charge < -0.3 is 16.0 Å². The molecular weight excluding hydrogens is 302 g/mol. The van der Waals surface area contributed by atoms with Gasteiger partial charge >= 0.3 is 0 Å². The van der Waals surface area contributed by atoms with Crippen LogP contribution in [0.4, 0.5) is 0 Å². The van der Waals surface area contributed by atoms with Crippen molar-refractivity contribution in [2.24, 2.45) is 23.5 Å². The molecule has 1 saturated carbocycles.